The molecule has 1 aliphatic rings. The number of ether oxygens (including phenoxy) is 1. The van der Waals surface area contributed by atoms with E-state index in [1.807, 2.05) is 0 Å². The smallest absolute Gasteiger partial charge is 0.130 e. The van der Waals surface area contributed by atoms with Gasteiger partial charge in [0.1, 0.15) is 12.6 Å². The topological polar surface area (TPSA) is 12.5 Å². The molecule has 1 saturated heterocycles. The molecule has 0 amide bonds. The van der Waals surface area contributed by atoms with Gasteiger partial charge in [0.25, 0.3) is 0 Å². The summed E-state index contributed by atoms with van der Waals surface area (Å²) in [6, 6.07) is 0. The number of likely N-dealkylation sites (N-methyl/N-ethyl adjacent to an activating group) is 1. The maximum absolute atomic E-state index is 5.30. The molecule has 0 aromatic heterocycles. The number of halogens is 1. The van der Waals surface area contributed by atoms with Gasteiger partial charge in [-0.3, -0.25) is 0 Å². The molecular weight excluding hydrogens is 186 g/mol. The van der Waals surface area contributed by atoms with Gasteiger partial charge >= 0.3 is 0 Å². The first kappa shape index (κ1) is 13.2. The molecule has 1 fully saturated rings. The third kappa shape index (κ3) is 3.84. The first-order chi connectivity index (χ1) is 5.76. The Morgan fingerprint density at radius 1 is 1.23 bits per heavy atom. The summed E-state index contributed by atoms with van der Waals surface area (Å²) in [5.74, 6) is 0. The van der Waals surface area contributed by atoms with Crippen LogP contribution in [-0.4, -0.2) is 43.4 Å². The number of nitrogens with zero attached hydrogens (tertiary/aromatic N) is 1. The highest BCUT2D eigenvalue weighted by atomic mass is 35.5. The van der Waals surface area contributed by atoms with Crippen LogP contribution >= 0.6 is 0 Å². The molecule has 1 atom stereocenters. The van der Waals surface area contributed by atoms with Crippen molar-refractivity contribution in [2.45, 2.75) is 33.3 Å². The predicted octanol–water partition coefficient (Wildman–Crippen LogP) is -1.34. The third-order valence-corrected chi connectivity index (χ3v) is 3.03. The lowest BCUT2D eigenvalue weighted by Crippen LogP contribution is -3.00. The molecule has 0 N–H and O–H groups in total. The number of hydrogen-bond acceptors (Lipinski definition) is 1. The van der Waals surface area contributed by atoms with Crippen LogP contribution in [0.4, 0.5) is 0 Å². The fraction of sp³-hybridized carbons (Fsp3) is 1.00. The summed E-state index contributed by atoms with van der Waals surface area (Å²) < 4.78 is 6.55. The summed E-state index contributed by atoms with van der Waals surface area (Å²) in [5, 5.41) is 0. The molecule has 0 aromatic carbocycles. The van der Waals surface area contributed by atoms with E-state index >= 15 is 0 Å². The molecule has 0 radical (unpaired) electrons. The highest BCUT2D eigenvalue weighted by Crippen LogP contribution is 2.17. The van der Waals surface area contributed by atoms with Crippen LogP contribution in [0.25, 0.3) is 0 Å². The molecule has 1 heterocycles. The van der Waals surface area contributed by atoms with E-state index in [4.69, 9.17) is 4.74 Å². The molecule has 13 heavy (non-hydrogen) atoms. The second-order valence-corrected chi connectivity index (χ2v) is 3.84. The lowest BCUT2D eigenvalue weighted by atomic mass is 10.2. The van der Waals surface area contributed by atoms with Crippen molar-refractivity contribution in [1.82, 2.24) is 0 Å². The molecule has 2 nitrogen and oxygen atoms in total. The summed E-state index contributed by atoms with van der Waals surface area (Å²) in [5.41, 5.74) is 0. The van der Waals surface area contributed by atoms with Crippen LogP contribution in [0.3, 0.4) is 0 Å². The molecule has 0 saturated carbocycles. The van der Waals surface area contributed by atoms with E-state index in [1.165, 1.54) is 37.1 Å². The van der Waals surface area contributed by atoms with Crippen LogP contribution in [0.2, 0.25) is 0 Å². The zero-order valence-electron chi connectivity index (χ0n) is 9.05. The quantitative estimate of drug-likeness (QED) is 0.388. The van der Waals surface area contributed by atoms with Gasteiger partial charge in [0.05, 0.1) is 26.2 Å². The lowest BCUT2D eigenvalue weighted by molar-refractivity contribution is -0.925. The van der Waals surface area contributed by atoms with Crippen molar-refractivity contribution in [1.29, 1.82) is 0 Å². The fourth-order valence-electron chi connectivity index (χ4n) is 1.97. The number of quaternary nitrogens is 1. The molecular formula is C10H22ClNO. The van der Waals surface area contributed by atoms with Gasteiger partial charge in [-0.2, -0.15) is 0 Å². The van der Waals surface area contributed by atoms with E-state index in [0.717, 1.165) is 6.61 Å². The van der Waals surface area contributed by atoms with Gasteiger partial charge in [-0.1, -0.05) is 6.92 Å². The highest BCUT2D eigenvalue weighted by Gasteiger charge is 2.34. The normalized spacial score (nSPS) is 21.0. The molecule has 1 rings (SSSR count). The minimum absolute atomic E-state index is 0. The maximum Gasteiger partial charge on any atom is 0.130 e. The molecule has 0 bridgehead atoms. The Labute approximate surface area is 88.3 Å². The van der Waals surface area contributed by atoms with Crippen LogP contribution in [0, 0.1) is 0 Å². The number of epoxide rings is 1. The molecule has 0 aromatic rings. The van der Waals surface area contributed by atoms with Gasteiger partial charge in [0.2, 0.25) is 0 Å². The van der Waals surface area contributed by atoms with E-state index in [1.54, 1.807) is 0 Å². The van der Waals surface area contributed by atoms with Crippen molar-refractivity contribution in [3.05, 3.63) is 0 Å². The van der Waals surface area contributed by atoms with Crippen molar-refractivity contribution in [3.63, 3.8) is 0 Å². The van der Waals surface area contributed by atoms with Crippen molar-refractivity contribution < 1.29 is 21.6 Å². The van der Waals surface area contributed by atoms with Gasteiger partial charge in [-0.15, -0.1) is 0 Å². The van der Waals surface area contributed by atoms with Crippen molar-refractivity contribution in [2.24, 2.45) is 0 Å². The van der Waals surface area contributed by atoms with Gasteiger partial charge in [0.15, 0.2) is 0 Å². The van der Waals surface area contributed by atoms with Gasteiger partial charge in [-0.25, -0.2) is 0 Å². The Morgan fingerprint density at radius 3 is 2.08 bits per heavy atom. The summed E-state index contributed by atoms with van der Waals surface area (Å²) in [6.45, 7) is 12.9. The van der Waals surface area contributed by atoms with Gasteiger partial charge in [-0.05, 0) is 20.3 Å². The van der Waals surface area contributed by atoms with Crippen LogP contribution in [-0.2, 0) is 4.74 Å². The standard InChI is InChI=1S/C10H22NO.ClH/c1-4-7-11(5-2,6-3)8-10-9-12-10;/h10H,4-9H2,1-3H3;1H/q+1;/p-1. The zero-order valence-corrected chi connectivity index (χ0v) is 9.81. The minimum Gasteiger partial charge on any atom is -1.00 e. The van der Waals surface area contributed by atoms with E-state index in [0.29, 0.717) is 6.10 Å². The second kappa shape index (κ2) is 5.84. The summed E-state index contributed by atoms with van der Waals surface area (Å²) >= 11 is 0. The Bertz CT molecular complexity index is 133. The average Bonchev–Trinajstić information content (AvgIpc) is 2.87. The number of rotatable bonds is 6. The van der Waals surface area contributed by atoms with Gasteiger partial charge in [0, 0.05) is 0 Å². The summed E-state index contributed by atoms with van der Waals surface area (Å²) in [7, 11) is 0. The van der Waals surface area contributed by atoms with Crippen molar-refractivity contribution in [3.8, 4) is 0 Å². The van der Waals surface area contributed by atoms with E-state index < -0.39 is 0 Å². The Hall–Kier alpha value is 0.210. The molecule has 3 heteroatoms. The number of hydrogen-bond donors (Lipinski definition) is 0. The summed E-state index contributed by atoms with van der Waals surface area (Å²) in [4.78, 5) is 0. The third-order valence-electron chi connectivity index (χ3n) is 3.03. The van der Waals surface area contributed by atoms with Crippen molar-refractivity contribution >= 4 is 0 Å². The SMILES string of the molecule is CCC[N+](CC)(CC)CC1CO1.[Cl-]. The second-order valence-electron chi connectivity index (χ2n) is 3.84. The van der Waals surface area contributed by atoms with E-state index in [-0.39, 0.29) is 12.4 Å². The Kier molecular flexibility index (Phi) is 5.93. The lowest BCUT2D eigenvalue weighted by Gasteiger charge is -2.36. The van der Waals surface area contributed by atoms with Crippen LogP contribution in [0.1, 0.15) is 27.2 Å². The molecule has 1 aliphatic heterocycles. The highest BCUT2D eigenvalue weighted by molar-refractivity contribution is 4.68. The van der Waals surface area contributed by atoms with Gasteiger partial charge < -0.3 is 21.6 Å². The molecule has 1 unspecified atom stereocenters. The molecule has 0 spiro atoms. The average molecular weight is 208 g/mol. The first-order valence-electron chi connectivity index (χ1n) is 5.23. The van der Waals surface area contributed by atoms with Crippen molar-refractivity contribution in [2.75, 3.05) is 32.8 Å². The predicted molar refractivity (Wildman–Crippen MR) is 51.1 cm³/mol. The first-order valence-corrected chi connectivity index (χ1v) is 5.23. The minimum atomic E-state index is 0. The largest absolute Gasteiger partial charge is 1.00 e. The van der Waals surface area contributed by atoms with E-state index in [2.05, 4.69) is 20.8 Å². The maximum atomic E-state index is 5.30. The van der Waals surface area contributed by atoms with E-state index in [9.17, 15) is 0 Å². The van der Waals surface area contributed by atoms with Crippen LogP contribution < -0.4 is 12.4 Å². The fourth-order valence-corrected chi connectivity index (χ4v) is 1.97. The summed E-state index contributed by atoms with van der Waals surface area (Å²) in [6.07, 6.45) is 1.87. The Balaban J connectivity index is 0.00000144. The zero-order chi connectivity index (χ0) is 9.03. The van der Waals surface area contributed by atoms with Crippen LogP contribution in [0.15, 0.2) is 0 Å². The molecule has 0 aliphatic carbocycles. The molecule has 80 valence electrons. The monoisotopic (exact) mass is 207 g/mol. The van der Waals surface area contributed by atoms with Crippen LogP contribution in [0.5, 0.6) is 0 Å². The Morgan fingerprint density at radius 2 is 1.77 bits per heavy atom.